The first-order chi connectivity index (χ1) is 21.1. The van der Waals surface area contributed by atoms with Crippen molar-refractivity contribution in [2.24, 2.45) is 10.9 Å². The monoisotopic (exact) mass is 604 g/mol. The normalized spacial score (nSPS) is 22.9. The SMILES string of the molecule is CCOc1ccc(C2=N/C(=C/C3CCCC3)[C@H](c3ccc(Cl)cc3)N2C(=O)N2CCC(N3CCCC3)CC2)c(OCC)c1. The Kier molecular flexibility index (Phi) is 9.58. The van der Waals surface area contributed by atoms with Crippen LogP contribution in [-0.4, -0.2) is 72.0 Å². The average Bonchev–Trinajstić information content (AvgIpc) is 3.81. The molecule has 0 spiro atoms. The molecule has 0 N–H and O–H groups in total. The van der Waals surface area contributed by atoms with E-state index in [0.717, 1.165) is 61.3 Å². The number of likely N-dealkylation sites (tertiary alicyclic amines) is 2. The molecule has 3 heterocycles. The van der Waals surface area contributed by atoms with Gasteiger partial charge in [-0.05, 0) is 101 Å². The summed E-state index contributed by atoms with van der Waals surface area (Å²) >= 11 is 6.34. The molecule has 8 heteroatoms. The highest BCUT2D eigenvalue weighted by Crippen LogP contribution is 2.42. The zero-order valence-electron chi connectivity index (χ0n) is 25.6. The Morgan fingerprint density at radius 1 is 0.907 bits per heavy atom. The molecule has 43 heavy (non-hydrogen) atoms. The molecule has 6 rings (SSSR count). The number of amides is 2. The fourth-order valence-corrected chi connectivity index (χ4v) is 7.37. The zero-order valence-corrected chi connectivity index (χ0v) is 26.4. The number of nitrogens with zero attached hydrogens (tertiary/aromatic N) is 4. The van der Waals surface area contributed by atoms with E-state index in [4.69, 9.17) is 26.1 Å². The molecule has 230 valence electrons. The van der Waals surface area contributed by atoms with Crippen LogP contribution < -0.4 is 9.47 Å². The number of carbonyl (C=O) groups is 1. The molecule has 1 aliphatic carbocycles. The molecule has 0 aromatic heterocycles. The van der Waals surface area contributed by atoms with E-state index in [1.807, 2.05) is 66.1 Å². The van der Waals surface area contributed by atoms with Crippen LogP contribution >= 0.6 is 11.6 Å². The maximum atomic E-state index is 14.7. The summed E-state index contributed by atoms with van der Waals surface area (Å²) in [4.78, 5) is 26.6. The number of urea groups is 1. The Bertz CT molecular complexity index is 1320. The third-order valence-corrected chi connectivity index (χ3v) is 9.65. The first-order valence-corrected chi connectivity index (χ1v) is 16.7. The third-order valence-electron chi connectivity index (χ3n) is 9.40. The van der Waals surface area contributed by atoms with Gasteiger partial charge in [-0.1, -0.05) is 42.7 Å². The van der Waals surface area contributed by atoms with Crippen LogP contribution in [0.25, 0.3) is 0 Å². The van der Waals surface area contributed by atoms with Crippen molar-refractivity contribution in [3.8, 4) is 11.5 Å². The Morgan fingerprint density at radius 2 is 1.60 bits per heavy atom. The summed E-state index contributed by atoms with van der Waals surface area (Å²) in [5.41, 5.74) is 2.75. The number of benzene rings is 2. The molecule has 3 fully saturated rings. The summed E-state index contributed by atoms with van der Waals surface area (Å²) in [6.45, 7) is 8.89. The van der Waals surface area contributed by atoms with Crippen LogP contribution in [-0.2, 0) is 0 Å². The van der Waals surface area contributed by atoms with Crippen molar-refractivity contribution in [2.75, 3.05) is 39.4 Å². The number of ether oxygens (including phenoxy) is 2. The van der Waals surface area contributed by atoms with Gasteiger partial charge in [0, 0.05) is 30.2 Å². The molecule has 0 bridgehead atoms. The van der Waals surface area contributed by atoms with Crippen LogP contribution in [0.15, 0.2) is 59.2 Å². The van der Waals surface area contributed by atoms with Gasteiger partial charge in [0.1, 0.15) is 23.4 Å². The molecule has 7 nitrogen and oxygen atoms in total. The van der Waals surface area contributed by atoms with Crippen molar-refractivity contribution >= 4 is 23.5 Å². The van der Waals surface area contributed by atoms with Crippen molar-refractivity contribution in [3.63, 3.8) is 0 Å². The molecule has 3 aliphatic heterocycles. The smallest absolute Gasteiger partial charge is 0.326 e. The van der Waals surface area contributed by atoms with Gasteiger partial charge >= 0.3 is 6.03 Å². The van der Waals surface area contributed by atoms with E-state index in [2.05, 4.69) is 11.0 Å². The molecule has 0 unspecified atom stereocenters. The van der Waals surface area contributed by atoms with Crippen LogP contribution in [0, 0.1) is 5.92 Å². The molecule has 1 atom stereocenters. The van der Waals surface area contributed by atoms with Crippen molar-refractivity contribution in [3.05, 3.63) is 70.4 Å². The molecular weight excluding hydrogens is 560 g/mol. The molecule has 2 aromatic rings. The number of halogens is 1. The number of carbonyl (C=O) groups excluding carboxylic acids is 1. The van der Waals surface area contributed by atoms with Gasteiger partial charge in [0.05, 0.1) is 24.5 Å². The van der Waals surface area contributed by atoms with Gasteiger partial charge in [-0.2, -0.15) is 0 Å². The summed E-state index contributed by atoms with van der Waals surface area (Å²) in [6.07, 6.45) is 11.7. The predicted molar refractivity (Wildman–Crippen MR) is 172 cm³/mol. The zero-order chi connectivity index (χ0) is 29.8. The van der Waals surface area contributed by atoms with Gasteiger partial charge in [0.15, 0.2) is 0 Å². The van der Waals surface area contributed by atoms with Crippen molar-refractivity contribution < 1.29 is 14.3 Å². The first kappa shape index (κ1) is 30.0. The molecule has 4 aliphatic rings. The Hall–Kier alpha value is -3.03. The van der Waals surface area contributed by atoms with Crippen LogP contribution in [0.5, 0.6) is 11.5 Å². The van der Waals surface area contributed by atoms with E-state index in [-0.39, 0.29) is 12.1 Å². The molecular formula is C35H45ClN4O3. The number of amidine groups is 1. The number of allylic oxidation sites excluding steroid dienone is 1. The van der Waals surface area contributed by atoms with Gasteiger partial charge in [-0.25, -0.2) is 9.79 Å². The van der Waals surface area contributed by atoms with E-state index in [0.29, 0.717) is 41.8 Å². The van der Waals surface area contributed by atoms with Crippen LogP contribution in [0.1, 0.15) is 82.4 Å². The van der Waals surface area contributed by atoms with Gasteiger partial charge in [-0.3, -0.25) is 4.90 Å². The maximum Gasteiger partial charge on any atom is 0.326 e. The minimum Gasteiger partial charge on any atom is -0.494 e. The standard InChI is InChI=1S/C35H45ClN4O3/c1-3-42-29-15-16-30(32(24-29)43-4-2)34-37-31(23-25-9-5-6-10-25)33(26-11-13-27(36)14-12-26)40(34)35(41)39-21-17-28(18-22-39)38-19-7-8-20-38/h11-16,23-25,28,33H,3-10,17-22H2,1-2H3/b31-23+/t33-/m0/s1. The second-order valence-corrected chi connectivity index (χ2v) is 12.6. The van der Waals surface area contributed by atoms with Crippen LogP contribution in [0.4, 0.5) is 4.79 Å². The number of piperidine rings is 1. The number of aliphatic imine (C=N–C) groups is 1. The number of hydrogen-bond donors (Lipinski definition) is 0. The van der Waals surface area contributed by atoms with Gasteiger partial charge in [0.25, 0.3) is 0 Å². The number of hydrogen-bond acceptors (Lipinski definition) is 5. The minimum absolute atomic E-state index is 0.00438. The van der Waals surface area contributed by atoms with Gasteiger partial charge < -0.3 is 19.3 Å². The molecule has 2 saturated heterocycles. The average molecular weight is 605 g/mol. The highest BCUT2D eigenvalue weighted by atomic mass is 35.5. The number of rotatable bonds is 8. The van der Waals surface area contributed by atoms with Crippen molar-refractivity contribution in [2.45, 2.75) is 77.3 Å². The second-order valence-electron chi connectivity index (χ2n) is 12.2. The van der Waals surface area contributed by atoms with Crippen molar-refractivity contribution in [1.82, 2.24) is 14.7 Å². The van der Waals surface area contributed by atoms with E-state index in [1.165, 1.54) is 38.8 Å². The summed E-state index contributed by atoms with van der Waals surface area (Å²) in [5.74, 6) is 2.52. The lowest BCUT2D eigenvalue weighted by Crippen LogP contribution is -2.51. The van der Waals surface area contributed by atoms with Crippen LogP contribution in [0.2, 0.25) is 5.02 Å². The lowest BCUT2D eigenvalue weighted by molar-refractivity contribution is 0.120. The predicted octanol–water partition coefficient (Wildman–Crippen LogP) is 7.70. The van der Waals surface area contributed by atoms with Crippen molar-refractivity contribution in [1.29, 1.82) is 0 Å². The molecule has 0 radical (unpaired) electrons. The van der Waals surface area contributed by atoms with Crippen LogP contribution in [0.3, 0.4) is 0 Å². The highest BCUT2D eigenvalue weighted by molar-refractivity contribution is 6.30. The Balaban J connectivity index is 1.40. The van der Waals surface area contributed by atoms with E-state index in [9.17, 15) is 4.79 Å². The molecule has 1 saturated carbocycles. The first-order valence-electron chi connectivity index (χ1n) is 16.3. The fourth-order valence-electron chi connectivity index (χ4n) is 7.24. The Morgan fingerprint density at radius 3 is 2.28 bits per heavy atom. The summed E-state index contributed by atoms with van der Waals surface area (Å²) in [7, 11) is 0. The van der Waals surface area contributed by atoms with Gasteiger partial charge in [-0.15, -0.1) is 0 Å². The van der Waals surface area contributed by atoms with Gasteiger partial charge in [0.2, 0.25) is 0 Å². The largest absolute Gasteiger partial charge is 0.494 e. The third kappa shape index (κ3) is 6.58. The quantitative estimate of drug-likeness (QED) is 0.310. The topological polar surface area (TPSA) is 57.6 Å². The summed E-state index contributed by atoms with van der Waals surface area (Å²) < 4.78 is 12.0. The van der Waals surface area contributed by atoms with E-state index in [1.54, 1.807) is 0 Å². The Labute approximate surface area is 261 Å². The second kappa shape index (κ2) is 13.7. The summed E-state index contributed by atoms with van der Waals surface area (Å²) in [6, 6.07) is 14.0. The minimum atomic E-state index is -0.335. The van der Waals surface area contributed by atoms with E-state index < -0.39 is 0 Å². The molecule has 2 amide bonds. The highest BCUT2D eigenvalue weighted by Gasteiger charge is 2.42. The lowest BCUT2D eigenvalue weighted by atomic mass is 9.98. The maximum absolute atomic E-state index is 14.7. The van der Waals surface area contributed by atoms with E-state index >= 15 is 0 Å². The fraction of sp³-hybridized carbons (Fsp3) is 0.543. The summed E-state index contributed by atoms with van der Waals surface area (Å²) in [5, 5.41) is 0.677. The lowest BCUT2D eigenvalue weighted by Gasteiger charge is -2.39. The molecule has 2 aromatic carbocycles.